The number of fused-ring (bicyclic) bond motifs is 3. The van der Waals surface area contributed by atoms with Crippen LogP contribution in [0.1, 0.15) is 11.6 Å². The number of nitrogens with one attached hydrogen (secondary N) is 1. The van der Waals surface area contributed by atoms with Crippen molar-refractivity contribution >= 4 is 17.3 Å². The van der Waals surface area contributed by atoms with E-state index in [1.54, 1.807) is 0 Å². The van der Waals surface area contributed by atoms with Gasteiger partial charge in [0.1, 0.15) is 17.5 Å². The number of aryl methyl sites for hydroxylation is 1. The molecule has 0 bridgehead atoms. The Bertz CT molecular complexity index is 790. The fourth-order valence-electron chi connectivity index (χ4n) is 2.99. The van der Waals surface area contributed by atoms with Gasteiger partial charge in [-0.05, 0) is 31.2 Å². The lowest BCUT2D eigenvalue weighted by atomic mass is 10.2. The van der Waals surface area contributed by atoms with E-state index in [9.17, 15) is 0 Å². The van der Waals surface area contributed by atoms with Crippen LogP contribution >= 0.6 is 11.6 Å². The molecule has 1 N–H and O–H groups in total. The van der Waals surface area contributed by atoms with Gasteiger partial charge in [-0.3, -0.25) is 4.57 Å². The van der Waals surface area contributed by atoms with Gasteiger partial charge in [0.05, 0.1) is 17.9 Å². The van der Waals surface area contributed by atoms with Gasteiger partial charge in [-0.1, -0.05) is 23.7 Å². The topological polar surface area (TPSA) is 46.0 Å². The monoisotopic (exact) mass is 313 g/mol. The highest BCUT2D eigenvalue weighted by atomic mass is 35.5. The third kappa shape index (κ3) is 2.09. The van der Waals surface area contributed by atoms with Gasteiger partial charge in [-0.15, -0.1) is 10.2 Å². The van der Waals surface area contributed by atoms with Crippen LogP contribution in [0.3, 0.4) is 0 Å². The number of nitrogens with zero attached hydrogens (tertiary/aromatic N) is 4. The van der Waals surface area contributed by atoms with Crippen LogP contribution in [-0.4, -0.2) is 27.9 Å². The maximum atomic E-state index is 6.04. The van der Waals surface area contributed by atoms with Crippen molar-refractivity contribution in [1.82, 2.24) is 20.1 Å². The number of halogens is 1. The summed E-state index contributed by atoms with van der Waals surface area (Å²) in [7, 11) is 0. The Kier molecular flexibility index (Phi) is 3.15. The quantitative estimate of drug-likeness (QED) is 0.878. The molecule has 0 radical (unpaired) electrons. The van der Waals surface area contributed by atoms with Gasteiger partial charge in [-0.25, -0.2) is 0 Å². The van der Waals surface area contributed by atoms with E-state index in [4.69, 9.17) is 11.6 Å². The fourth-order valence-corrected chi connectivity index (χ4v) is 3.12. The zero-order valence-corrected chi connectivity index (χ0v) is 13.0. The highest BCUT2D eigenvalue weighted by Crippen LogP contribution is 2.31. The lowest BCUT2D eigenvalue weighted by Crippen LogP contribution is -2.35. The molecule has 0 atom stereocenters. The van der Waals surface area contributed by atoms with E-state index < -0.39 is 0 Å². The van der Waals surface area contributed by atoms with Crippen LogP contribution in [0.5, 0.6) is 0 Å². The number of dihydropyridines is 1. The Morgan fingerprint density at radius 2 is 1.95 bits per heavy atom. The van der Waals surface area contributed by atoms with Crippen molar-refractivity contribution < 1.29 is 0 Å². The molecule has 1 aromatic carbocycles. The Morgan fingerprint density at radius 3 is 2.73 bits per heavy atom. The van der Waals surface area contributed by atoms with Crippen LogP contribution in [-0.2, 0) is 6.42 Å². The minimum Gasteiger partial charge on any atom is -0.366 e. The summed E-state index contributed by atoms with van der Waals surface area (Å²) in [5, 5.41) is 12.7. The molecule has 5 nitrogen and oxygen atoms in total. The van der Waals surface area contributed by atoms with Gasteiger partial charge in [0.25, 0.3) is 0 Å². The number of hydrogen-bond acceptors (Lipinski definition) is 4. The van der Waals surface area contributed by atoms with Crippen molar-refractivity contribution in [2.24, 2.45) is 0 Å². The molecule has 0 aliphatic carbocycles. The Labute approximate surface area is 133 Å². The molecular formula is C16H16ClN5. The van der Waals surface area contributed by atoms with Crippen molar-refractivity contribution in [3.05, 3.63) is 58.9 Å². The maximum Gasteiger partial charge on any atom is 0.139 e. The lowest BCUT2D eigenvalue weighted by Gasteiger charge is -2.29. The van der Waals surface area contributed by atoms with Gasteiger partial charge >= 0.3 is 0 Å². The first-order valence-corrected chi connectivity index (χ1v) is 7.70. The number of anilines is 1. The van der Waals surface area contributed by atoms with Gasteiger partial charge < -0.3 is 10.2 Å². The van der Waals surface area contributed by atoms with Crippen molar-refractivity contribution in [3.63, 3.8) is 0 Å². The van der Waals surface area contributed by atoms with Crippen molar-refractivity contribution in [3.8, 4) is 5.69 Å². The van der Waals surface area contributed by atoms with E-state index in [1.165, 1.54) is 0 Å². The van der Waals surface area contributed by atoms with Crippen LogP contribution in [0, 0.1) is 6.92 Å². The first kappa shape index (κ1) is 13.4. The van der Waals surface area contributed by atoms with Crippen LogP contribution in [0.2, 0.25) is 0 Å². The first-order valence-electron chi connectivity index (χ1n) is 7.32. The van der Waals surface area contributed by atoms with E-state index in [2.05, 4.69) is 43.2 Å². The van der Waals surface area contributed by atoms with E-state index >= 15 is 0 Å². The summed E-state index contributed by atoms with van der Waals surface area (Å²) in [5.74, 6) is 2.98. The second-order valence-corrected chi connectivity index (χ2v) is 5.89. The Balaban J connectivity index is 1.85. The molecule has 22 heavy (non-hydrogen) atoms. The maximum absolute atomic E-state index is 6.04. The van der Waals surface area contributed by atoms with Gasteiger partial charge in [0.15, 0.2) is 0 Å². The first-order chi connectivity index (χ1) is 10.7. The largest absolute Gasteiger partial charge is 0.366 e. The lowest BCUT2D eigenvalue weighted by molar-refractivity contribution is 0.756. The zero-order valence-electron chi connectivity index (χ0n) is 12.3. The van der Waals surface area contributed by atoms with E-state index in [-0.39, 0.29) is 0 Å². The zero-order chi connectivity index (χ0) is 15.1. The average Bonchev–Trinajstić information content (AvgIpc) is 2.82. The van der Waals surface area contributed by atoms with E-state index in [0.29, 0.717) is 6.54 Å². The van der Waals surface area contributed by atoms with Gasteiger partial charge in [0.2, 0.25) is 0 Å². The van der Waals surface area contributed by atoms with Crippen molar-refractivity contribution in [2.75, 3.05) is 18.0 Å². The molecule has 2 aromatic rings. The van der Waals surface area contributed by atoms with Crippen LogP contribution in [0.25, 0.3) is 5.69 Å². The number of hydrogen-bond donors (Lipinski definition) is 1. The van der Waals surface area contributed by atoms with Crippen LogP contribution in [0.4, 0.5) is 5.69 Å². The molecule has 0 saturated heterocycles. The number of benzene rings is 1. The predicted molar refractivity (Wildman–Crippen MR) is 87.2 cm³/mol. The average molecular weight is 314 g/mol. The molecule has 6 heteroatoms. The molecule has 2 aliphatic heterocycles. The smallest absolute Gasteiger partial charge is 0.139 e. The summed E-state index contributed by atoms with van der Waals surface area (Å²) in [5.41, 5.74) is 2.26. The van der Waals surface area contributed by atoms with E-state index in [1.807, 2.05) is 25.1 Å². The standard InChI is InChI=1S/C16H16ClN5/c1-11-19-20-16-8-9-21(15-7-6-12(17)10-18-15)13-4-2-3-5-14(13)22(11)16/h2-7,18H,8-10H2,1H3. The fraction of sp³-hybridized carbons (Fsp3) is 0.250. The summed E-state index contributed by atoms with van der Waals surface area (Å²) < 4.78 is 2.14. The number of rotatable bonds is 1. The molecule has 0 amide bonds. The van der Waals surface area contributed by atoms with Crippen LogP contribution < -0.4 is 10.2 Å². The molecular weight excluding hydrogens is 298 g/mol. The highest BCUT2D eigenvalue weighted by molar-refractivity contribution is 6.30. The molecule has 1 aromatic heterocycles. The minimum atomic E-state index is 0.664. The molecule has 112 valence electrons. The number of para-hydroxylation sites is 2. The van der Waals surface area contributed by atoms with Crippen molar-refractivity contribution in [2.45, 2.75) is 13.3 Å². The summed E-state index contributed by atoms with van der Waals surface area (Å²) in [6.07, 6.45) is 4.82. The molecule has 0 fully saturated rings. The SMILES string of the molecule is Cc1nnc2n1-c1ccccc1N(C1=CC=C(Cl)CN1)CC2. The highest BCUT2D eigenvalue weighted by Gasteiger charge is 2.24. The van der Waals surface area contributed by atoms with Gasteiger partial charge in [-0.2, -0.15) is 0 Å². The summed E-state index contributed by atoms with van der Waals surface area (Å²) >= 11 is 6.04. The predicted octanol–water partition coefficient (Wildman–Crippen LogP) is 2.51. The Morgan fingerprint density at radius 1 is 1.14 bits per heavy atom. The number of allylic oxidation sites excluding steroid dienone is 2. The van der Waals surface area contributed by atoms with Crippen LogP contribution in [0.15, 0.2) is 47.3 Å². The Hall–Kier alpha value is -2.27. The summed E-state index contributed by atoms with van der Waals surface area (Å²) in [4.78, 5) is 2.28. The van der Waals surface area contributed by atoms with E-state index in [0.717, 1.165) is 46.8 Å². The molecule has 0 spiro atoms. The third-order valence-electron chi connectivity index (χ3n) is 4.02. The summed E-state index contributed by atoms with van der Waals surface area (Å²) in [6, 6.07) is 8.35. The summed E-state index contributed by atoms with van der Waals surface area (Å²) in [6.45, 7) is 3.50. The molecule has 2 aliphatic rings. The molecule has 0 saturated carbocycles. The molecule has 4 rings (SSSR count). The van der Waals surface area contributed by atoms with Gasteiger partial charge in [0, 0.05) is 18.0 Å². The third-order valence-corrected chi connectivity index (χ3v) is 4.28. The minimum absolute atomic E-state index is 0.664. The normalized spacial score (nSPS) is 16.9. The number of aromatic nitrogens is 3. The molecule has 3 heterocycles. The second kappa shape index (κ2) is 5.18. The molecule has 0 unspecified atom stereocenters. The van der Waals surface area contributed by atoms with Crippen molar-refractivity contribution in [1.29, 1.82) is 0 Å². The second-order valence-electron chi connectivity index (χ2n) is 5.41.